The van der Waals surface area contributed by atoms with E-state index in [1.54, 1.807) is 16.4 Å². The second-order valence-corrected chi connectivity index (χ2v) is 10.1. The molecule has 1 N–H and O–H groups in total. The highest BCUT2D eigenvalue weighted by Gasteiger charge is 2.26. The van der Waals surface area contributed by atoms with Crippen LogP contribution in [0.2, 0.25) is 5.02 Å². The lowest BCUT2D eigenvalue weighted by Gasteiger charge is -2.20. The molecule has 7 heteroatoms. The van der Waals surface area contributed by atoms with Crippen LogP contribution in [0, 0.1) is 6.92 Å². The molecular weight excluding hydrogens is 420 g/mol. The zero-order chi connectivity index (χ0) is 21.6. The van der Waals surface area contributed by atoms with Gasteiger partial charge in [0, 0.05) is 30.2 Å². The van der Waals surface area contributed by atoms with Crippen molar-refractivity contribution < 1.29 is 13.2 Å². The van der Waals surface area contributed by atoms with Gasteiger partial charge in [0.15, 0.2) is 0 Å². The van der Waals surface area contributed by atoms with Crippen LogP contribution in [0.5, 0.6) is 0 Å². The van der Waals surface area contributed by atoms with Gasteiger partial charge in [0.1, 0.15) is 0 Å². The van der Waals surface area contributed by atoms with Crippen LogP contribution >= 0.6 is 11.6 Å². The van der Waals surface area contributed by atoms with E-state index in [-0.39, 0.29) is 10.8 Å². The van der Waals surface area contributed by atoms with Crippen LogP contribution in [0.3, 0.4) is 0 Å². The van der Waals surface area contributed by atoms with E-state index in [0.717, 1.165) is 54.7 Å². The Morgan fingerprint density at radius 3 is 2.47 bits per heavy atom. The first-order valence-electron chi connectivity index (χ1n) is 10.5. The molecule has 0 aliphatic carbocycles. The molecule has 1 fully saturated rings. The van der Waals surface area contributed by atoms with E-state index in [1.165, 1.54) is 6.07 Å². The molecule has 0 aromatic heterocycles. The Balaban J connectivity index is 1.65. The van der Waals surface area contributed by atoms with E-state index < -0.39 is 10.0 Å². The van der Waals surface area contributed by atoms with E-state index >= 15 is 0 Å². The molecule has 2 aromatic carbocycles. The Labute approximate surface area is 184 Å². The summed E-state index contributed by atoms with van der Waals surface area (Å²) in [5, 5.41) is 3.64. The predicted octanol–water partition coefficient (Wildman–Crippen LogP) is 4.58. The third-order valence-corrected chi connectivity index (χ3v) is 7.79. The molecule has 0 bridgehead atoms. The van der Waals surface area contributed by atoms with E-state index in [2.05, 4.69) is 5.32 Å². The van der Waals surface area contributed by atoms with Crippen LogP contribution in [0.4, 0.5) is 0 Å². The molecule has 1 aliphatic heterocycles. The average Bonchev–Trinajstić information content (AvgIpc) is 3.02. The molecule has 1 aliphatic rings. The van der Waals surface area contributed by atoms with Gasteiger partial charge in [-0.05, 0) is 61.9 Å². The van der Waals surface area contributed by atoms with Crippen molar-refractivity contribution in [1.29, 1.82) is 0 Å². The van der Waals surface area contributed by atoms with E-state index in [4.69, 9.17) is 11.6 Å². The van der Waals surface area contributed by atoms with Crippen molar-refractivity contribution >= 4 is 27.5 Å². The van der Waals surface area contributed by atoms with Gasteiger partial charge >= 0.3 is 0 Å². The molecular formula is C23H29ClN2O3S. The van der Waals surface area contributed by atoms with Crippen molar-refractivity contribution in [3.8, 4) is 0 Å². The molecule has 162 valence electrons. The first-order chi connectivity index (χ1) is 14.4. The highest BCUT2D eigenvalue weighted by molar-refractivity contribution is 7.89. The standard InChI is InChI=1S/C23H29ClN2O3S/c1-18-12-13-20(30(28,29)26-15-6-2-3-7-16-26)17-21(18)23(27)25-14-8-10-19-9-4-5-11-22(19)24/h4-5,9,11-13,17H,2-3,6-8,10,14-16H2,1H3,(H,25,27). The van der Waals surface area contributed by atoms with Gasteiger partial charge in [-0.3, -0.25) is 4.79 Å². The Morgan fingerprint density at radius 2 is 1.77 bits per heavy atom. The monoisotopic (exact) mass is 448 g/mol. The first kappa shape index (κ1) is 22.8. The number of rotatable bonds is 7. The summed E-state index contributed by atoms with van der Waals surface area (Å²) in [6.45, 7) is 3.40. The second kappa shape index (κ2) is 10.4. The molecule has 0 atom stereocenters. The molecule has 1 saturated heterocycles. The summed E-state index contributed by atoms with van der Waals surface area (Å²) < 4.78 is 27.7. The van der Waals surface area contributed by atoms with Crippen molar-refractivity contribution in [3.63, 3.8) is 0 Å². The number of sulfonamides is 1. The van der Waals surface area contributed by atoms with Crippen LogP contribution in [0.25, 0.3) is 0 Å². The van der Waals surface area contributed by atoms with Crippen molar-refractivity contribution in [3.05, 3.63) is 64.2 Å². The van der Waals surface area contributed by atoms with Crippen LogP contribution in [-0.4, -0.2) is 38.3 Å². The number of carbonyl (C=O) groups excluding carboxylic acids is 1. The molecule has 0 saturated carbocycles. The minimum absolute atomic E-state index is 0.191. The molecule has 0 spiro atoms. The number of hydrogen-bond donors (Lipinski definition) is 1. The second-order valence-electron chi connectivity index (χ2n) is 7.75. The fourth-order valence-corrected chi connectivity index (χ4v) is 5.49. The van der Waals surface area contributed by atoms with E-state index in [0.29, 0.717) is 25.2 Å². The van der Waals surface area contributed by atoms with E-state index in [9.17, 15) is 13.2 Å². The summed E-state index contributed by atoms with van der Waals surface area (Å²) in [6, 6.07) is 12.5. The van der Waals surface area contributed by atoms with Gasteiger partial charge in [0.25, 0.3) is 5.91 Å². The minimum Gasteiger partial charge on any atom is -0.352 e. The van der Waals surface area contributed by atoms with Crippen molar-refractivity contribution in [1.82, 2.24) is 9.62 Å². The highest BCUT2D eigenvalue weighted by atomic mass is 35.5. The lowest BCUT2D eigenvalue weighted by atomic mass is 10.1. The van der Waals surface area contributed by atoms with Gasteiger partial charge < -0.3 is 5.32 Å². The predicted molar refractivity (Wildman–Crippen MR) is 121 cm³/mol. The largest absolute Gasteiger partial charge is 0.352 e. The lowest BCUT2D eigenvalue weighted by Crippen LogP contribution is -2.32. The van der Waals surface area contributed by atoms with Gasteiger partial charge in [0.05, 0.1) is 4.90 Å². The number of hydrogen-bond acceptors (Lipinski definition) is 3. The molecule has 5 nitrogen and oxygen atoms in total. The van der Waals surface area contributed by atoms with Crippen molar-refractivity contribution in [2.24, 2.45) is 0 Å². The number of halogens is 1. The number of benzene rings is 2. The Bertz CT molecular complexity index is 984. The van der Waals surface area contributed by atoms with Gasteiger partial charge in [-0.15, -0.1) is 0 Å². The molecule has 0 unspecified atom stereocenters. The maximum atomic E-state index is 13.1. The van der Waals surface area contributed by atoms with Gasteiger partial charge in [-0.2, -0.15) is 4.31 Å². The molecule has 0 radical (unpaired) electrons. The number of amides is 1. The summed E-state index contributed by atoms with van der Waals surface area (Å²) in [5.41, 5.74) is 2.21. The minimum atomic E-state index is -3.59. The Morgan fingerprint density at radius 1 is 1.07 bits per heavy atom. The van der Waals surface area contributed by atoms with Crippen LogP contribution < -0.4 is 5.32 Å². The van der Waals surface area contributed by atoms with Gasteiger partial charge in [-0.1, -0.05) is 48.7 Å². The van der Waals surface area contributed by atoms with Crippen LogP contribution in [0.1, 0.15) is 53.6 Å². The van der Waals surface area contributed by atoms with Crippen molar-refractivity contribution in [2.75, 3.05) is 19.6 Å². The molecule has 1 heterocycles. The number of aryl methyl sites for hydroxylation is 2. The van der Waals surface area contributed by atoms with E-state index in [1.807, 2.05) is 31.2 Å². The third-order valence-electron chi connectivity index (χ3n) is 5.52. The maximum absolute atomic E-state index is 13.1. The topological polar surface area (TPSA) is 66.5 Å². The average molecular weight is 449 g/mol. The number of nitrogens with zero attached hydrogens (tertiary/aromatic N) is 1. The normalized spacial score (nSPS) is 15.5. The molecule has 2 aromatic rings. The summed E-state index contributed by atoms with van der Waals surface area (Å²) in [7, 11) is -3.59. The van der Waals surface area contributed by atoms with Gasteiger partial charge in [-0.25, -0.2) is 8.42 Å². The Kier molecular flexibility index (Phi) is 7.92. The molecule has 30 heavy (non-hydrogen) atoms. The van der Waals surface area contributed by atoms with Crippen LogP contribution in [0.15, 0.2) is 47.4 Å². The van der Waals surface area contributed by atoms with Crippen molar-refractivity contribution in [2.45, 2.75) is 50.3 Å². The summed E-state index contributed by atoms with van der Waals surface area (Å²) in [5.74, 6) is -0.250. The fraction of sp³-hybridized carbons (Fsp3) is 0.435. The number of carbonyl (C=O) groups is 1. The first-order valence-corrected chi connectivity index (χ1v) is 12.3. The third kappa shape index (κ3) is 5.62. The summed E-state index contributed by atoms with van der Waals surface area (Å²) >= 11 is 6.17. The smallest absolute Gasteiger partial charge is 0.251 e. The lowest BCUT2D eigenvalue weighted by molar-refractivity contribution is 0.0952. The zero-order valence-corrected chi connectivity index (χ0v) is 18.9. The molecule has 1 amide bonds. The Hall–Kier alpha value is -1.89. The highest BCUT2D eigenvalue weighted by Crippen LogP contribution is 2.23. The van der Waals surface area contributed by atoms with Crippen LogP contribution in [-0.2, 0) is 16.4 Å². The SMILES string of the molecule is Cc1ccc(S(=O)(=O)N2CCCCCC2)cc1C(=O)NCCCc1ccccc1Cl. The quantitative estimate of drug-likeness (QED) is 0.630. The zero-order valence-electron chi connectivity index (χ0n) is 17.4. The molecule has 3 rings (SSSR count). The maximum Gasteiger partial charge on any atom is 0.251 e. The van der Waals surface area contributed by atoms with Gasteiger partial charge in [0.2, 0.25) is 10.0 Å². The summed E-state index contributed by atoms with van der Waals surface area (Å²) in [6.07, 6.45) is 5.39. The summed E-state index contributed by atoms with van der Waals surface area (Å²) in [4.78, 5) is 12.9. The fourth-order valence-electron chi connectivity index (χ4n) is 3.71. The number of nitrogens with one attached hydrogen (secondary N) is 1.